The van der Waals surface area contributed by atoms with Gasteiger partial charge in [0.05, 0.1) is 5.56 Å². The molecule has 0 aromatic heterocycles. The summed E-state index contributed by atoms with van der Waals surface area (Å²) in [6, 6.07) is 5.63. The molecule has 18 heavy (non-hydrogen) atoms. The molecule has 1 heterocycles. The van der Waals surface area contributed by atoms with E-state index < -0.39 is 0 Å². The zero-order valence-corrected chi connectivity index (χ0v) is 12.8. The number of carbonyl (C=O) groups excluding carboxylic acids is 1. The number of benzene rings is 1. The quantitative estimate of drug-likeness (QED) is 0.768. The highest BCUT2D eigenvalue weighted by Crippen LogP contribution is 2.22. The summed E-state index contributed by atoms with van der Waals surface area (Å²) in [6.45, 7) is 1.75. The molecule has 98 valence electrons. The summed E-state index contributed by atoms with van der Waals surface area (Å²) in [5.41, 5.74) is 0.710. The zero-order chi connectivity index (χ0) is 13.0. The number of halogens is 1. The van der Waals surface area contributed by atoms with Gasteiger partial charge in [-0.3, -0.25) is 4.79 Å². The fourth-order valence-electron chi connectivity index (χ4n) is 2.31. The van der Waals surface area contributed by atoms with Gasteiger partial charge in [0.15, 0.2) is 0 Å². The van der Waals surface area contributed by atoms with Crippen molar-refractivity contribution in [2.24, 2.45) is 0 Å². The summed E-state index contributed by atoms with van der Waals surface area (Å²) in [5.74, 6) is 0.120. The van der Waals surface area contributed by atoms with E-state index in [9.17, 15) is 4.79 Å². The van der Waals surface area contributed by atoms with E-state index >= 15 is 0 Å². The molecule has 1 aliphatic heterocycles. The van der Waals surface area contributed by atoms with E-state index in [0.29, 0.717) is 5.56 Å². The van der Waals surface area contributed by atoms with Crippen molar-refractivity contribution < 1.29 is 4.79 Å². The number of hydrogen-bond acceptors (Lipinski definition) is 2. The molecular formula is C14H18BrNOS. The van der Waals surface area contributed by atoms with E-state index in [-0.39, 0.29) is 5.91 Å². The second kappa shape index (κ2) is 6.62. The molecule has 0 unspecified atom stereocenters. The Morgan fingerprint density at radius 1 is 1.11 bits per heavy atom. The first-order valence-corrected chi connectivity index (χ1v) is 7.70. The molecule has 1 aromatic carbocycles. The van der Waals surface area contributed by atoms with Gasteiger partial charge in [-0.05, 0) is 31.0 Å². The lowest BCUT2D eigenvalue weighted by Gasteiger charge is -2.25. The Labute approximate surface area is 122 Å². The van der Waals surface area contributed by atoms with E-state index in [0.717, 1.165) is 35.3 Å². The van der Waals surface area contributed by atoms with Crippen LogP contribution in [-0.2, 0) is 0 Å². The van der Waals surface area contributed by atoms with Crippen molar-refractivity contribution in [3.8, 4) is 0 Å². The Morgan fingerprint density at radius 3 is 2.33 bits per heavy atom. The first-order valence-electron chi connectivity index (χ1n) is 6.46. The van der Waals surface area contributed by atoms with Crippen molar-refractivity contribution in [1.82, 2.24) is 4.90 Å². The van der Waals surface area contributed by atoms with Crippen molar-refractivity contribution in [2.75, 3.05) is 13.1 Å². The first-order chi connectivity index (χ1) is 8.68. The van der Waals surface area contributed by atoms with Crippen LogP contribution in [0.1, 0.15) is 42.5 Å². The fraction of sp³-hybridized carbons (Fsp3) is 0.500. The molecule has 0 saturated carbocycles. The number of hydrogen-bond donors (Lipinski definition) is 1. The lowest BCUT2D eigenvalue weighted by molar-refractivity contribution is 0.0739. The molecule has 1 aliphatic rings. The van der Waals surface area contributed by atoms with Crippen LogP contribution in [0, 0.1) is 0 Å². The molecule has 4 heteroatoms. The molecule has 0 spiro atoms. The molecule has 1 aromatic rings. The molecule has 1 fully saturated rings. The summed E-state index contributed by atoms with van der Waals surface area (Å²) in [7, 11) is 0. The highest BCUT2D eigenvalue weighted by Gasteiger charge is 2.18. The molecular weight excluding hydrogens is 310 g/mol. The van der Waals surface area contributed by atoms with Crippen LogP contribution in [-0.4, -0.2) is 23.9 Å². The van der Waals surface area contributed by atoms with Crippen LogP contribution in [0.15, 0.2) is 27.6 Å². The number of nitrogens with zero attached hydrogens (tertiary/aromatic N) is 1. The Morgan fingerprint density at radius 2 is 1.72 bits per heavy atom. The van der Waals surface area contributed by atoms with Crippen LogP contribution in [0.25, 0.3) is 0 Å². The van der Waals surface area contributed by atoms with E-state index in [2.05, 4.69) is 28.6 Å². The van der Waals surface area contributed by atoms with Crippen molar-refractivity contribution in [1.29, 1.82) is 0 Å². The molecule has 1 amide bonds. The normalized spacial score (nSPS) is 17.1. The van der Waals surface area contributed by atoms with E-state index in [1.54, 1.807) is 0 Å². The minimum absolute atomic E-state index is 0.120. The van der Waals surface area contributed by atoms with Gasteiger partial charge in [-0.15, -0.1) is 12.6 Å². The van der Waals surface area contributed by atoms with Crippen molar-refractivity contribution in [2.45, 2.75) is 37.0 Å². The van der Waals surface area contributed by atoms with Crippen LogP contribution < -0.4 is 0 Å². The minimum atomic E-state index is 0.120. The monoisotopic (exact) mass is 327 g/mol. The van der Waals surface area contributed by atoms with Gasteiger partial charge < -0.3 is 4.90 Å². The van der Waals surface area contributed by atoms with Gasteiger partial charge >= 0.3 is 0 Å². The van der Waals surface area contributed by atoms with Crippen LogP contribution >= 0.6 is 28.6 Å². The van der Waals surface area contributed by atoms with Gasteiger partial charge in [0.25, 0.3) is 5.91 Å². The van der Waals surface area contributed by atoms with Crippen molar-refractivity contribution in [3.05, 3.63) is 28.2 Å². The molecule has 0 bridgehead atoms. The highest BCUT2D eigenvalue weighted by atomic mass is 79.9. The fourth-order valence-corrected chi connectivity index (χ4v) is 3.15. The van der Waals surface area contributed by atoms with Crippen LogP contribution in [0.4, 0.5) is 0 Å². The van der Waals surface area contributed by atoms with Gasteiger partial charge in [0, 0.05) is 22.5 Å². The van der Waals surface area contributed by atoms with Crippen LogP contribution in [0.3, 0.4) is 0 Å². The summed E-state index contributed by atoms with van der Waals surface area (Å²) in [5, 5.41) is 0. The zero-order valence-electron chi connectivity index (χ0n) is 10.4. The van der Waals surface area contributed by atoms with Gasteiger partial charge in [0.1, 0.15) is 0 Å². The molecule has 2 nitrogen and oxygen atoms in total. The third kappa shape index (κ3) is 3.51. The average molecular weight is 328 g/mol. The molecule has 0 radical (unpaired) electrons. The molecule has 0 atom stereocenters. The van der Waals surface area contributed by atoms with Gasteiger partial charge in [-0.1, -0.05) is 35.2 Å². The van der Waals surface area contributed by atoms with E-state index in [4.69, 9.17) is 0 Å². The molecule has 2 rings (SSSR count). The summed E-state index contributed by atoms with van der Waals surface area (Å²) in [4.78, 5) is 15.2. The lowest BCUT2D eigenvalue weighted by atomic mass is 10.1. The summed E-state index contributed by atoms with van der Waals surface area (Å²) in [6.07, 6.45) is 6.00. The van der Waals surface area contributed by atoms with Gasteiger partial charge in [0.2, 0.25) is 0 Å². The highest BCUT2D eigenvalue weighted by molar-refractivity contribution is 9.10. The predicted molar refractivity (Wildman–Crippen MR) is 80.4 cm³/mol. The number of rotatable bonds is 1. The van der Waals surface area contributed by atoms with Crippen LogP contribution in [0.5, 0.6) is 0 Å². The number of thiol groups is 1. The summed E-state index contributed by atoms with van der Waals surface area (Å²) < 4.78 is 0.955. The SMILES string of the molecule is O=C(c1ccc(Br)cc1S)N1CCCCCCC1. The number of carbonyl (C=O) groups is 1. The third-order valence-corrected chi connectivity index (χ3v) is 4.20. The number of likely N-dealkylation sites (tertiary alicyclic amines) is 1. The standard InChI is InChI=1S/C14H18BrNOS/c15-11-6-7-12(13(18)10-11)14(17)16-8-4-2-1-3-5-9-16/h6-7,10,18H,1-5,8-9H2. The largest absolute Gasteiger partial charge is 0.339 e. The van der Waals surface area contributed by atoms with E-state index in [1.807, 2.05) is 23.1 Å². The third-order valence-electron chi connectivity index (χ3n) is 3.33. The number of amides is 1. The Hall–Kier alpha value is -0.480. The molecule has 1 saturated heterocycles. The smallest absolute Gasteiger partial charge is 0.254 e. The van der Waals surface area contributed by atoms with Gasteiger partial charge in [-0.2, -0.15) is 0 Å². The van der Waals surface area contributed by atoms with Crippen molar-refractivity contribution >= 4 is 34.5 Å². The molecule has 0 N–H and O–H groups in total. The molecule has 0 aliphatic carbocycles. The second-order valence-corrected chi connectivity index (χ2v) is 6.12. The van der Waals surface area contributed by atoms with E-state index in [1.165, 1.54) is 19.3 Å². The minimum Gasteiger partial charge on any atom is -0.339 e. The maximum atomic E-state index is 12.5. The van der Waals surface area contributed by atoms with Gasteiger partial charge in [-0.25, -0.2) is 0 Å². The van der Waals surface area contributed by atoms with Crippen molar-refractivity contribution in [3.63, 3.8) is 0 Å². The Kier molecular flexibility index (Phi) is 5.13. The summed E-state index contributed by atoms with van der Waals surface area (Å²) >= 11 is 7.79. The maximum Gasteiger partial charge on any atom is 0.254 e. The topological polar surface area (TPSA) is 20.3 Å². The Bertz CT molecular complexity index is 428. The maximum absolute atomic E-state index is 12.5. The second-order valence-electron chi connectivity index (χ2n) is 4.72. The Balaban J connectivity index is 2.13. The lowest BCUT2D eigenvalue weighted by Crippen LogP contribution is -2.34. The predicted octanol–water partition coefficient (Wildman–Crippen LogP) is 4.14. The van der Waals surface area contributed by atoms with Crippen LogP contribution in [0.2, 0.25) is 0 Å². The first kappa shape index (κ1) is 13.9. The average Bonchev–Trinajstić information content (AvgIpc) is 2.27.